The minimum Gasteiger partial charge on any atom is -0.341 e. The topological polar surface area (TPSA) is 71.8 Å². The van der Waals surface area contributed by atoms with Gasteiger partial charge in [0, 0.05) is 68.3 Å². The predicted molar refractivity (Wildman–Crippen MR) is 103 cm³/mol. The Bertz CT molecular complexity index is 799. The van der Waals surface area contributed by atoms with E-state index in [9.17, 15) is 0 Å². The summed E-state index contributed by atoms with van der Waals surface area (Å²) in [6.45, 7) is 3.55. The Morgan fingerprint density at radius 3 is 2.50 bits per heavy atom. The van der Waals surface area contributed by atoms with Gasteiger partial charge in [-0.3, -0.25) is 0 Å². The monoisotopic (exact) mass is 371 g/mol. The van der Waals surface area contributed by atoms with Gasteiger partial charge < -0.3 is 10.2 Å². The highest BCUT2D eigenvalue weighted by Crippen LogP contribution is 2.15. The maximum Gasteiger partial charge on any atom is 0.225 e. The number of nitrogens with one attached hydrogen (secondary N) is 1. The van der Waals surface area contributed by atoms with Gasteiger partial charge in [-0.05, 0) is 25.0 Å². The van der Waals surface area contributed by atoms with E-state index < -0.39 is 0 Å². The number of hydrogen-bond acceptors (Lipinski definition) is 6. The van der Waals surface area contributed by atoms with Crippen molar-refractivity contribution in [2.45, 2.75) is 25.9 Å². The first kappa shape index (κ1) is 18.3. The number of rotatable bonds is 6. The summed E-state index contributed by atoms with van der Waals surface area (Å²) < 4.78 is 1.78. The molecule has 3 aromatic heterocycles. The van der Waals surface area contributed by atoms with Gasteiger partial charge in [-0.1, -0.05) is 6.07 Å². The molecule has 0 bridgehead atoms. The van der Waals surface area contributed by atoms with Crippen molar-refractivity contribution >= 4 is 18.4 Å². The Labute approximate surface area is 158 Å². The Morgan fingerprint density at radius 2 is 1.77 bits per heavy atom. The van der Waals surface area contributed by atoms with Crippen molar-refractivity contribution in [2.24, 2.45) is 0 Å². The number of aromatic nitrogens is 5. The molecule has 0 atom stereocenters. The lowest BCUT2D eigenvalue weighted by atomic mass is 10.2. The quantitative estimate of drug-likeness (QED) is 0.717. The molecule has 1 aliphatic rings. The van der Waals surface area contributed by atoms with Crippen LogP contribution in [0.5, 0.6) is 0 Å². The number of nitrogens with zero attached hydrogens (tertiary/aromatic N) is 6. The highest BCUT2D eigenvalue weighted by atomic mass is 35.5. The lowest BCUT2D eigenvalue weighted by Crippen LogP contribution is -2.21. The third kappa shape index (κ3) is 4.17. The normalized spacial score (nSPS) is 13.6. The Hall–Kier alpha value is -2.51. The molecule has 0 unspecified atom stereocenters. The third-order valence-electron chi connectivity index (χ3n) is 4.31. The molecule has 4 rings (SSSR count). The fourth-order valence-electron chi connectivity index (χ4n) is 3.03. The molecule has 3 aromatic rings. The van der Waals surface area contributed by atoms with Crippen LogP contribution in [0.2, 0.25) is 0 Å². The van der Waals surface area contributed by atoms with Gasteiger partial charge in [0.25, 0.3) is 0 Å². The fourth-order valence-corrected chi connectivity index (χ4v) is 3.03. The van der Waals surface area contributed by atoms with Crippen LogP contribution in [0.4, 0.5) is 5.95 Å². The van der Waals surface area contributed by atoms with Crippen LogP contribution in [0.25, 0.3) is 5.82 Å². The minimum atomic E-state index is 0. The van der Waals surface area contributed by atoms with Crippen LogP contribution in [0.15, 0.2) is 49.2 Å². The largest absolute Gasteiger partial charge is 0.341 e. The van der Waals surface area contributed by atoms with Crippen molar-refractivity contribution in [2.75, 3.05) is 18.0 Å². The zero-order chi connectivity index (χ0) is 16.9. The summed E-state index contributed by atoms with van der Waals surface area (Å²) >= 11 is 0. The zero-order valence-corrected chi connectivity index (χ0v) is 15.3. The zero-order valence-electron chi connectivity index (χ0n) is 14.5. The van der Waals surface area contributed by atoms with Crippen molar-refractivity contribution in [3.63, 3.8) is 0 Å². The van der Waals surface area contributed by atoms with E-state index in [0.29, 0.717) is 13.1 Å². The molecule has 0 saturated carbocycles. The van der Waals surface area contributed by atoms with Crippen molar-refractivity contribution in [1.29, 1.82) is 0 Å². The average Bonchev–Trinajstić information content (AvgIpc) is 3.37. The first-order chi connectivity index (χ1) is 12.4. The summed E-state index contributed by atoms with van der Waals surface area (Å²) in [7, 11) is 0. The molecule has 26 heavy (non-hydrogen) atoms. The van der Waals surface area contributed by atoms with E-state index in [4.69, 9.17) is 0 Å². The van der Waals surface area contributed by atoms with Crippen LogP contribution < -0.4 is 10.2 Å². The Kier molecular flexibility index (Phi) is 6.14. The van der Waals surface area contributed by atoms with Crippen LogP contribution in [0, 0.1) is 0 Å². The van der Waals surface area contributed by atoms with Crippen LogP contribution in [0.3, 0.4) is 0 Å². The smallest absolute Gasteiger partial charge is 0.225 e. The number of hydrogen-bond donors (Lipinski definition) is 1. The van der Waals surface area contributed by atoms with Crippen molar-refractivity contribution in [1.82, 2.24) is 30.0 Å². The molecular weight excluding hydrogens is 350 g/mol. The number of anilines is 1. The minimum absolute atomic E-state index is 0. The summed E-state index contributed by atoms with van der Waals surface area (Å²) in [5, 5.41) is 7.70. The van der Waals surface area contributed by atoms with Gasteiger partial charge in [-0.25, -0.2) is 19.6 Å². The standard InChI is InChI=1S/C18H21N7.ClH/c1-2-9-24(8-1)18-21-12-15(13-22-18)11-19-14-16-5-3-6-20-17(16)25-10-4-7-23-25;/h3-7,10,12-13,19H,1-2,8-9,11,14H2;1H. The molecular formula is C18H22ClN7. The molecule has 1 N–H and O–H groups in total. The lowest BCUT2D eigenvalue weighted by molar-refractivity contribution is 0.677. The molecule has 0 spiro atoms. The molecule has 0 amide bonds. The van der Waals surface area contributed by atoms with Gasteiger partial charge in [0.1, 0.15) is 0 Å². The van der Waals surface area contributed by atoms with Crippen LogP contribution >= 0.6 is 12.4 Å². The lowest BCUT2D eigenvalue weighted by Gasteiger charge is -2.14. The molecule has 0 aliphatic carbocycles. The van der Waals surface area contributed by atoms with Gasteiger partial charge in [-0.15, -0.1) is 12.4 Å². The van der Waals surface area contributed by atoms with E-state index >= 15 is 0 Å². The fraction of sp³-hybridized carbons (Fsp3) is 0.333. The second-order valence-corrected chi connectivity index (χ2v) is 6.13. The molecule has 0 aromatic carbocycles. The summed E-state index contributed by atoms with van der Waals surface area (Å²) in [5.41, 5.74) is 2.17. The Balaban J connectivity index is 0.00000196. The number of pyridine rings is 1. The molecule has 0 radical (unpaired) electrons. The molecule has 4 heterocycles. The van der Waals surface area contributed by atoms with E-state index in [1.54, 1.807) is 17.1 Å². The SMILES string of the molecule is Cl.c1cnc(-n2cccn2)c(CNCc2cnc(N3CCCC3)nc2)c1. The third-order valence-corrected chi connectivity index (χ3v) is 4.31. The van der Waals surface area contributed by atoms with Crippen LogP contribution in [0.1, 0.15) is 24.0 Å². The summed E-state index contributed by atoms with van der Waals surface area (Å²) in [6.07, 6.45) is 11.7. The molecule has 1 fully saturated rings. The summed E-state index contributed by atoms with van der Waals surface area (Å²) in [6, 6.07) is 5.90. The van der Waals surface area contributed by atoms with Gasteiger partial charge in [0.15, 0.2) is 5.82 Å². The van der Waals surface area contributed by atoms with Crippen molar-refractivity contribution in [3.8, 4) is 5.82 Å². The van der Waals surface area contributed by atoms with Crippen molar-refractivity contribution < 1.29 is 0 Å². The summed E-state index contributed by atoms with van der Waals surface area (Å²) in [4.78, 5) is 15.7. The van der Waals surface area contributed by atoms with Crippen LogP contribution in [-0.4, -0.2) is 37.8 Å². The number of halogens is 1. The van der Waals surface area contributed by atoms with E-state index in [1.807, 2.05) is 30.7 Å². The maximum absolute atomic E-state index is 4.49. The van der Waals surface area contributed by atoms with Crippen LogP contribution in [-0.2, 0) is 13.1 Å². The average molecular weight is 372 g/mol. The van der Waals surface area contributed by atoms with E-state index in [0.717, 1.165) is 36.0 Å². The maximum atomic E-state index is 4.49. The summed E-state index contributed by atoms with van der Waals surface area (Å²) in [5.74, 6) is 1.69. The predicted octanol–water partition coefficient (Wildman–Crippen LogP) is 2.37. The van der Waals surface area contributed by atoms with E-state index in [2.05, 4.69) is 36.3 Å². The molecule has 1 saturated heterocycles. The van der Waals surface area contributed by atoms with E-state index in [-0.39, 0.29) is 12.4 Å². The highest BCUT2D eigenvalue weighted by molar-refractivity contribution is 5.85. The first-order valence-corrected chi connectivity index (χ1v) is 8.61. The van der Waals surface area contributed by atoms with Gasteiger partial charge in [0.05, 0.1) is 0 Å². The highest BCUT2D eigenvalue weighted by Gasteiger charge is 2.14. The van der Waals surface area contributed by atoms with Crippen molar-refractivity contribution in [3.05, 3.63) is 60.3 Å². The second kappa shape index (κ2) is 8.73. The molecule has 8 heteroatoms. The molecule has 136 valence electrons. The molecule has 1 aliphatic heterocycles. The molecule has 7 nitrogen and oxygen atoms in total. The first-order valence-electron chi connectivity index (χ1n) is 8.61. The van der Waals surface area contributed by atoms with Gasteiger partial charge >= 0.3 is 0 Å². The Morgan fingerprint density at radius 1 is 0.962 bits per heavy atom. The van der Waals surface area contributed by atoms with E-state index in [1.165, 1.54) is 12.8 Å². The van der Waals surface area contributed by atoms with Gasteiger partial charge in [0.2, 0.25) is 5.95 Å². The second-order valence-electron chi connectivity index (χ2n) is 6.13. The van der Waals surface area contributed by atoms with Gasteiger partial charge in [-0.2, -0.15) is 5.10 Å².